The number of hydrogen-bond acceptors (Lipinski definition) is 5. The molecule has 98 valence electrons. The van der Waals surface area contributed by atoms with E-state index in [2.05, 4.69) is 10.1 Å². The van der Waals surface area contributed by atoms with Gasteiger partial charge in [0.2, 0.25) is 0 Å². The van der Waals surface area contributed by atoms with Crippen molar-refractivity contribution in [1.29, 1.82) is 0 Å². The first-order valence-electron chi connectivity index (χ1n) is 5.48. The summed E-state index contributed by atoms with van der Waals surface area (Å²) in [7, 11) is 2.76. The van der Waals surface area contributed by atoms with E-state index in [-0.39, 0.29) is 18.5 Å². The van der Waals surface area contributed by atoms with Gasteiger partial charge in [0.25, 0.3) is 5.91 Å². The highest BCUT2D eigenvalue weighted by Crippen LogP contribution is 2.11. The van der Waals surface area contributed by atoms with Gasteiger partial charge in [-0.05, 0) is 6.42 Å². The van der Waals surface area contributed by atoms with Crippen molar-refractivity contribution in [2.24, 2.45) is 5.73 Å². The SMILES string of the molecule is COC(=O)NC1CCN(C(=O)C(CN)OC)C1. The average molecular weight is 245 g/mol. The minimum atomic E-state index is -0.605. The molecule has 1 aliphatic rings. The number of ether oxygens (including phenoxy) is 2. The number of carbonyl (C=O) groups is 2. The topological polar surface area (TPSA) is 93.9 Å². The fraction of sp³-hybridized carbons (Fsp3) is 0.800. The maximum Gasteiger partial charge on any atom is 0.407 e. The second kappa shape index (κ2) is 6.41. The van der Waals surface area contributed by atoms with Crippen LogP contribution in [0.3, 0.4) is 0 Å². The van der Waals surface area contributed by atoms with Crippen molar-refractivity contribution < 1.29 is 19.1 Å². The van der Waals surface area contributed by atoms with E-state index in [9.17, 15) is 9.59 Å². The Hall–Kier alpha value is -1.34. The lowest BCUT2D eigenvalue weighted by molar-refractivity contribution is -0.140. The van der Waals surface area contributed by atoms with E-state index >= 15 is 0 Å². The van der Waals surface area contributed by atoms with Crippen LogP contribution in [0.4, 0.5) is 4.79 Å². The Balaban J connectivity index is 2.44. The highest BCUT2D eigenvalue weighted by molar-refractivity contribution is 5.81. The second-order valence-corrected chi connectivity index (χ2v) is 3.87. The molecule has 0 radical (unpaired) electrons. The monoisotopic (exact) mass is 245 g/mol. The van der Waals surface area contributed by atoms with E-state index in [1.54, 1.807) is 4.90 Å². The summed E-state index contributed by atoms with van der Waals surface area (Å²) in [6.45, 7) is 1.21. The Morgan fingerprint density at radius 3 is 2.76 bits per heavy atom. The maximum absolute atomic E-state index is 11.9. The van der Waals surface area contributed by atoms with Crippen LogP contribution in [0, 0.1) is 0 Å². The van der Waals surface area contributed by atoms with Crippen LogP contribution < -0.4 is 11.1 Å². The highest BCUT2D eigenvalue weighted by Gasteiger charge is 2.31. The normalized spacial score (nSPS) is 21.1. The average Bonchev–Trinajstić information content (AvgIpc) is 2.78. The van der Waals surface area contributed by atoms with Gasteiger partial charge in [-0.15, -0.1) is 0 Å². The summed E-state index contributed by atoms with van der Waals surface area (Å²) < 4.78 is 9.48. The Morgan fingerprint density at radius 1 is 1.53 bits per heavy atom. The van der Waals surface area contributed by atoms with Crippen molar-refractivity contribution in [2.75, 3.05) is 33.9 Å². The third-order valence-electron chi connectivity index (χ3n) is 2.78. The van der Waals surface area contributed by atoms with Gasteiger partial charge in [0.05, 0.1) is 13.2 Å². The molecule has 7 heteroatoms. The highest BCUT2D eigenvalue weighted by atomic mass is 16.5. The van der Waals surface area contributed by atoms with Gasteiger partial charge in [-0.1, -0.05) is 0 Å². The summed E-state index contributed by atoms with van der Waals surface area (Å²) in [5.41, 5.74) is 5.43. The Morgan fingerprint density at radius 2 is 2.24 bits per heavy atom. The third kappa shape index (κ3) is 3.57. The molecule has 1 fully saturated rings. The van der Waals surface area contributed by atoms with E-state index < -0.39 is 12.2 Å². The standard InChI is InChI=1S/C10H19N3O4/c1-16-8(5-11)9(14)13-4-3-7(6-13)12-10(15)17-2/h7-8H,3-6,11H2,1-2H3,(H,12,15). The molecule has 0 aromatic carbocycles. The largest absolute Gasteiger partial charge is 0.453 e. The van der Waals surface area contributed by atoms with Gasteiger partial charge >= 0.3 is 6.09 Å². The number of amides is 2. The molecule has 1 saturated heterocycles. The van der Waals surface area contributed by atoms with Crippen LogP contribution in [0.1, 0.15) is 6.42 Å². The van der Waals surface area contributed by atoms with Crippen LogP contribution in [0.15, 0.2) is 0 Å². The van der Waals surface area contributed by atoms with Gasteiger partial charge in [-0.3, -0.25) is 4.79 Å². The quantitative estimate of drug-likeness (QED) is 0.657. The minimum Gasteiger partial charge on any atom is -0.453 e. The number of likely N-dealkylation sites (tertiary alicyclic amines) is 1. The van der Waals surface area contributed by atoms with Crippen LogP contribution in [0.2, 0.25) is 0 Å². The Labute approximate surface area is 100 Å². The zero-order valence-electron chi connectivity index (χ0n) is 10.1. The number of nitrogens with one attached hydrogen (secondary N) is 1. The molecule has 2 atom stereocenters. The van der Waals surface area contributed by atoms with Crippen LogP contribution >= 0.6 is 0 Å². The molecule has 1 rings (SSSR count). The van der Waals surface area contributed by atoms with E-state index in [1.807, 2.05) is 0 Å². The number of rotatable bonds is 4. The molecular formula is C10H19N3O4. The zero-order chi connectivity index (χ0) is 12.8. The van der Waals surface area contributed by atoms with Crippen LogP contribution in [0.25, 0.3) is 0 Å². The van der Waals surface area contributed by atoms with Crippen molar-refractivity contribution in [1.82, 2.24) is 10.2 Å². The number of methoxy groups -OCH3 is 2. The molecule has 0 aromatic rings. The molecule has 0 aliphatic carbocycles. The molecule has 0 bridgehead atoms. The number of hydrogen-bond donors (Lipinski definition) is 2. The Bertz CT molecular complexity index is 281. The van der Waals surface area contributed by atoms with Gasteiger partial charge in [0.1, 0.15) is 6.10 Å². The van der Waals surface area contributed by atoms with E-state index in [0.29, 0.717) is 19.5 Å². The van der Waals surface area contributed by atoms with Gasteiger partial charge in [-0.25, -0.2) is 4.79 Å². The van der Waals surface area contributed by atoms with Gasteiger partial charge in [0.15, 0.2) is 0 Å². The molecule has 2 amide bonds. The lowest BCUT2D eigenvalue weighted by Crippen LogP contribution is -2.44. The molecule has 0 saturated carbocycles. The van der Waals surface area contributed by atoms with E-state index in [4.69, 9.17) is 10.5 Å². The molecule has 3 N–H and O–H groups in total. The molecule has 7 nitrogen and oxygen atoms in total. The lowest BCUT2D eigenvalue weighted by Gasteiger charge is -2.21. The van der Waals surface area contributed by atoms with Crippen molar-refractivity contribution >= 4 is 12.0 Å². The zero-order valence-corrected chi connectivity index (χ0v) is 10.1. The predicted molar refractivity (Wildman–Crippen MR) is 60.4 cm³/mol. The predicted octanol–water partition coefficient (Wildman–Crippen LogP) is -1.08. The molecule has 1 aliphatic heterocycles. The number of alkyl carbamates (subject to hydrolysis) is 1. The molecule has 0 spiro atoms. The second-order valence-electron chi connectivity index (χ2n) is 3.87. The van der Waals surface area contributed by atoms with Crippen molar-refractivity contribution in [3.8, 4) is 0 Å². The summed E-state index contributed by atoms with van der Waals surface area (Å²) in [4.78, 5) is 24.5. The third-order valence-corrected chi connectivity index (χ3v) is 2.78. The van der Waals surface area contributed by atoms with E-state index in [1.165, 1.54) is 14.2 Å². The molecule has 17 heavy (non-hydrogen) atoms. The van der Waals surface area contributed by atoms with Crippen molar-refractivity contribution in [3.63, 3.8) is 0 Å². The molecule has 1 heterocycles. The molecular weight excluding hydrogens is 226 g/mol. The van der Waals surface area contributed by atoms with E-state index in [0.717, 1.165) is 0 Å². The fourth-order valence-electron chi connectivity index (χ4n) is 1.81. The van der Waals surface area contributed by atoms with Crippen LogP contribution in [0.5, 0.6) is 0 Å². The number of carbonyl (C=O) groups excluding carboxylic acids is 2. The first kappa shape index (κ1) is 13.7. The first-order chi connectivity index (χ1) is 8.12. The van der Waals surface area contributed by atoms with Crippen molar-refractivity contribution in [3.05, 3.63) is 0 Å². The van der Waals surface area contributed by atoms with Gasteiger partial charge < -0.3 is 25.4 Å². The summed E-state index contributed by atoms with van der Waals surface area (Å²) in [5, 5.41) is 2.66. The van der Waals surface area contributed by atoms with Crippen LogP contribution in [-0.4, -0.2) is 62.9 Å². The molecule has 0 aromatic heterocycles. The van der Waals surface area contributed by atoms with Gasteiger partial charge in [0, 0.05) is 26.7 Å². The summed E-state index contributed by atoms with van der Waals surface area (Å²) in [5.74, 6) is -0.135. The summed E-state index contributed by atoms with van der Waals surface area (Å²) >= 11 is 0. The summed E-state index contributed by atoms with van der Waals surface area (Å²) in [6.07, 6.45) is -0.375. The lowest BCUT2D eigenvalue weighted by atomic mass is 10.3. The Kier molecular flexibility index (Phi) is 5.17. The number of nitrogens with two attached hydrogens (primary N) is 1. The van der Waals surface area contributed by atoms with Gasteiger partial charge in [-0.2, -0.15) is 0 Å². The number of nitrogens with zero attached hydrogens (tertiary/aromatic N) is 1. The smallest absolute Gasteiger partial charge is 0.407 e. The first-order valence-corrected chi connectivity index (χ1v) is 5.48. The molecule has 2 unspecified atom stereocenters. The van der Waals surface area contributed by atoms with Crippen molar-refractivity contribution in [2.45, 2.75) is 18.6 Å². The van der Waals surface area contributed by atoms with Crippen LogP contribution in [-0.2, 0) is 14.3 Å². The fourth-order valence-corrected chi connectivity index (χ4v) is 1.81. The summed E-state index contributed by atoms with van der Waals surface area (Å²) in [6, 6.07) is -0.0679. The minimum absolute atomic E-state index is 0.0679. The maximum atomic E-state index is 11.9.